The van der Waals surface area contributed by atoms with Crippen LogP contribution in [0.15, 0.2) is 103 Å². The van der Waals surface area contributed by atoms with Gasteiger partial charge in [-0.3, -0.25) is 0 Å². The van der Waals surface area contributed by atoms with Gasteiger partial charge >= 0.3 is 0 Å². The van der Waals surface area contributed by atoms with Crippen LogP contribution in [-0.4, -0.2) is 0 Å². The predicted molar refractivity (Wildman–Crippen MR) is 99.4 cm³/mol. The van der Waals surface area contributed by atoms with E-state index in [-0.39, 0.29) is 0 Å². The Bertz CT molecular complexity index is 678. The highest BCUT2D eigenvalue weighted by Crippen LogP contribution is 2.60. The summed E-state index contributed by atoms with van der Waals surface area (Å²) in [7, 11) is -1.64. The van der Waals surface area contributed by atoms with Gasteiger partial charge in [0.2, 0.25) is 0 Å². The first-order valence-corrected chi connectivity index (χ1v) is 9.56. The second kappa shape index (κ2) is 6.73. The lowest BCUT2D eigenvalue weighted by atomic mass is 10.2. The molecule has 1 heteroatoms. The van der Waals surface area contributed by atoms with Crippen molar-refractivity contribution in [2.45, 2.75) is 6.16 Å². The molecule has 0 N–H and O–H groups in total. The van der Waals surface area contributed by atoms with Gasteiger partial charge in [-0.1, -0.05) is 73.3 Å². The second-order valence-electron chi connectivity index (χ2n) is 5.37. The molecule has 3 aromatic rings. The summed E-state index contributed by atoms with van der Waals surface area (Å²) in [5.74, 6) is 2.20. The van der Waals surface area contributed by atoms with E-state index >= 15 is 0 Å². The van der Waals surface area contributed by atoms with Crippen molar-refractivity contribution in [2.75, 3.05) is 0 Å². The highest BCUT2D eigenvalue weighted by atomic mass is 31.2. The SMILES string of the molecule is C=C[P+](Cc1ccccc1)(c1ccccc1)c1ccccc1. The third-order valence-corrected chi connectivity index (χ3v) is 7.95. The van der Waals surface area contributed by atoms with Crippen molar-refractivity contribution in [1.82, 2.24) is 0 Å². The van der Waals surface area contributed by atoms with Crippen molar-refractivity contribution >= 4 is 17.9 Å². The Hall–Kier alpha value is -2.17. The molecule has 3 rings (SSSR count). The molecule has 0 nitrogen and oxygen atoms in total. The van der Waals surface area contributed by atoms with Gasteiger partial charge in [0.25, 0.3) is 0 Å². The molecular weight excluding hydrogens is 283 g/mol. The van der Waals surface area contributed by atoms with E-state index in [1.54, 1.807) is 0 Å². The first kappa shape index (κ1) is 14.8. The van der Waals surface area contributed by atoms with Crippen molar-refractivity contribution in [3.63, 3.8) is 0 Å². The summed E-state index contributed by atoms with van der Waals surface area (Å²) in [5.41, 5.74) is 1.36. The van der Waals surface area contributed by atoms with Gasteiger partial charge in [0, 0.05) is 0 Å². The summed E-state index contributed by atoms with van der Waals surface area (Å²) in [6.45, 7) is 4.23. The van der Waals surface area contributed by atoms with Crippen LogP contribution in [0.4, 0.5) is 0 Å². The maximum Gasteiger partial charge on any atom is 0.108 e. The van der Waals surface area contributed by atoms with Crippen LogP contribution in [0.1, 0.15) is 5.56 Å². The van der Waals surface area contributed by atoms with Gasteiger partial charge in [0.05, 0.1) is 12.0 Å². The highest BCUT2D eigenvalue weighted by molar-refractivity contribution is 7.91. The minimum Gasteiger partial charge on any atom is -0.0631 e. The monoisotopic (exact) mass is 303 g/mol. The van der Waals surface area contributed by atoms with Gasteiger partial charge in [-0.05, 0) is 29.8 Å². The Labute approximate surface area is 133 Å². The molecule has 0 saturated carbocycles. The quantitative estimate of drug-likeness (QED) is 0.582. The van der Waals surface area contributed by atoms with E-state index in [4.69, 9.17) is 0 Å². The molecule has 22 heavy (non-hydrogen) atoms. The summed E-state index contributed by atoms with van der Waals surface area (Å²) in [6.07, 6.45) is 1.02. The summed E-state index contributed by atoms with van der Waals surface area (Å²) in [4.78, 5) is 0. The lowest BCUT2D eigenvalue weighted by molar-refractivity contribution is 1.39. The average Bonchev–Trinajstić information content (AvgIpc) is 2.62. The molecule has 0 bridgehead atoms. The summed E-state index contributed by atoms with van der Waals surface area (Å²) < 4.78 is 0. The molecule has 0 aliphatic rings. The second-order valence-corrected chi connectivity index (χ2v) is 8.82. The summed E-state index contributed by atoms with van der Waals surface area (Å²) in [5, 5.41) is 2.78. The predicted octanol–water partition coefficient (Wildman–Crippen LogP) is 5.00. The first-order chi connectivity index (χ1) is 10.8. The number of benzene rings is 3. The standard InChI is InChI=1S/C21H20P/c1-2-22(20-14-8-4-9-15-20,21-16-10-5-11-17-21)18-19-12-6-3-7-13-19/h2-17H,1,18H2/q+1. The molecule has 0 amide bonds. The van der Waals surface area contributed by atoms with Crippen LogP contribution in [0.5, 0.6) is 0 Å². The van der Waals surface area contributed by atoms with Gasteiger partial charge in [-0.2, -0.15) is 0 Å². The fraction of sp³-hybridized carbons (Fsp3) is 0.0476. The normalized spacial score (nSPS) is 11.1. The zero-order valence-electron chi connectivity index (χ0n) is 12.6. The molecule has 0 unspecified atom stereocenters. The molecule has 0 fully saturated rings. The van der Waals surface area contributed by atoms with Crippen LogP contribution < -0.4 is 10.6 Å². The average molecular weight is 303 g/mol. The lowest BCUT2D eigenvalue weighted by Crippen LogP contribution is -2.22. The molecule has 0 heterocycles. The maximum absolute atomic E-state index is 4.23. The van der Waals surface area contributed by atoms with E-state index in [9.17, 15) is 0 Å². The topological polar surface area (TPSA) is 0 Å². The van der Waals surface area contributed by atoms with Crippen molar-refractivity contribution in [3.05, 3.63) is 109 Å². The van der Waals surface area contributed by atoms with Crippen LogP contribution in [0.3, 0.4) is 0 Å². The minimum atomic E-state index is -1.64. The Morgan fingerprint density at radius 1 is 0.636 bits per heavy atom. The molecule has 0 radical (unpaired) electrons. The smallest absolute Gasteiger partial charge is 0.0631 e. The third-order valence-electron chi connectivity index (χ3n) is 4.02. The largest absolute Gasteiger partial charge is 0.108 e. The summed E-state index contributed by atoms with van der Waals surface area (Å²) in [6, 6.07) is 32.4. The Kier molecular flexibility index (Phi) is 4.51. The van der Waals surface area contributed by atoms with Gasteiger partial charge < -0.3 is 0 Å². The van der Waals surface area contributed by atoms with E-state index < -0.39 is 7.26 Å². The maximum atomic E-state index is 4.23. The van der Waals surface area contributed by atoms with Gasteiger partial charge in [-0.25, -0.2) is 0 Å². The first-order valence-electron chi connectivity index (χ1n) is 7.52. The number of hydrogen-bond acceptors (Lipinski definition) is 0. The van der Waals surface area contributed by atoms with Crippen LogP contribution in [0.25, 0.3) is 0 Å². The molecule has 0 atom stereocenters. The molecular formula is C21H20P+. The third kappa shape index (κ3) is 2.89. The molecule has 0 aliphatic heterocycles. The Morgan fingerprint density at radius 2 is 1.05 bits per heavy atom. The number of hydrogen-bond donors (Lipinski definition) is 0. The van der Waals surface area contributed by atoms with E-state index in [1.165, 1.54) is 16.2 Å². The van der Waals surface area contributed by atoms with Crippen LogP contribution in [-0.2, 0) is 6.16 Å². The van der Waals surface area contributed by atoms with E-state index in [1.807, 2.05) is 0 Å². The molecule has 0 aromatic heterocycles. The van der Waals surface area contributed by atoms with E-state index in [0.29, 0.717) is 0 Å². The molecule has 3 aromatic carbocycles. The zero-order valence-corrected chi connectivity index (χ0v) is 13.5. The lowest BCUT2D eigenvalue weighted by Gasteiger charge is -2.23. The van der Waals surface area contributed by atoms with Gasteiger partial charge in [-0.15, -0.1) is 0 Å². The minimum absolute atomic E-state index is 1.02. The van der Waals surface area contributed by atoms with Crippen LogP contribution >= 0.6 is 7.26 Å². The number of rotatable bonds is 5. The highest BCUT2D eigenvalue weighted by Gasteiger charge is 2.39. The van der Waals surface area contributed by atoms with E-state index in [2.05, 4.69) is 103 Å². The summed E-state index contributed by atoms with van der Waals surface area (Å²) >= 11 is 0. The molecule has 108 valence electrons. The van der Waals surface area contributed by atoms with E-state index in [0.717, 1.165) is 6.16 Å². The fourth-order valence-corrected chi connectivity index (χ4v) is 6.28. The van der Waals surface area contributed by atoms with Gasteiger partial charge in [0.1, 0.15) is 17.9 Å². The van der Waals surface area contributed by atoms with Crippen molar-refractivity contribution < 1.29 is 0 Å². The van der Waals surface area contributed by atoms with Crippen molar-refractivity contribution in [2.24, 2.45) is 0 Å². The van der Waals surface area contributed by atoms with Crippen LogP contribution in [0.2, 0.25) is 0 Å². The zero-order chi connectivity index (χ0) is 15.3. The van der Waals surface area contributed by atoms with Gasteiger partial charge in [0.15, 0.2) is 0 Å². The van der Waals surface area contributed by atoms with Crippen molar-refractivity contribution in [1.29, 1.82) is 0 Å². The molecule has 0 aliphatic carbocycles. The molecule has 0 spiro atoms. The Morgan fingerprint density at radius 3 is 1.45 bits per heavy atom. The molecule has 0 saturated heterocycles. The fourth-order valence-electron chi connectivity index (χ4n) is 2.87. The Balaban J connectivity index is 2.15. The van der Waals surface area contributed by atoms with Crippen LogP contribution in [0, 0.1) is 0 Å². The van der Waals surface area contributed by atoms with Crippen molar-refractivity contribution in [3.8, 4) is 0 Å².